The molecule has 8 heteroatoms. The van der Waals surface area contributed by atoms with E-state index < -0.39 is 46.6 Å². The van der Waals surface area contributed by atoms with Crippen LogP contribution in [0.2, 0.25) is 0 Å². The van der Waals surface area contributed by atoms with Gasteiger partial charge in [0.25, 0.3) is 5.91 Å². The second-order valence-corrected chi connectivity index (χ2v) is 8.66. The highest BCUT2D eigenvalue weighted by Crippen LogP contribution is 2.37. The van der Waals surface area contributed by atoms with Crippen LogP contribution in [0.15, 0.2) is 72.8 Å². The number of hydrogen-bond donors (Lipinski definition) is 1. The van der Waals surface area contributed by atoms with Gasteiger partial charge in [-0.15, -0.1) is 0 Å². The van der Waals surface area contributed by atoms with Crippen LogP contribution in [0.5, 0.6) is 0 Å². The number of nitrogens with one attached hydrogen (secondary N) is 1. The van der Waals surface area contributed by atoms with E-state index in [0.29, 0.717) is 12.0 Å². The van der Waals surface area contributed by atoms with Crippen molar-refractivity contribution in [3.05, 3.63) is 83.9 Å². The van der Waals surface area contributed by atoms with E-state index in [1.54, 1.807) is 0 Å². The van der Waals surface area contributed by atoms with Crippen molar-refractivity contribution in [1.82, 2.24) is 10.2 Å². The number of carbonyl (C=O) groups excluding carboxylic acids is 3. The van der Waals surface area contributed by atoms with Crippen LogP contribution in [-0.4, -0.2) is 50.9 Å². The molecule has 2 aromatic carbocycles. The highest BCUT2D eigenvalue weighted by molar-refractivity contribution is 7.92. The van der Waals surface area contributed by atoms with Crippen molar-refractivity contribution in [3.63, 3.8) is 0 Å². The summed E-state index contributed by atoms with van der Waals surface area (Å²) < 4.78 is 18.4. The van der Waals surface area contributed by atoms with Crippen LogP contribution in [0.3, 0.4) is 0 Å². The first-order valence-corrected chi connectivity index (χ1v) is 10.8. The molecule has 1 N–H and O–H groups in total. The summed E-state index contributed by atoms with van der Waals surface area (Å²) in [5, 5.41) is 1.62. The largest absolute Gasteiger partial charge is 0.614 e. The summed E-state index contributed by atoms with van der Waals surface area (Å²) in [6.07, 6.45) is -0.270. The number of hydrogen-bond acceptors (Lipinski definition) is 5. The Morgan fingerprint density at radius 1 is 1.17 bits per heavy atom. The van der Waals surface area contributed by atoms with Gasteiger partial charge in [0.05, 0.1) is 0 Å². The Balaban J connectivity index is 1.61. The van der Waals surface area contributed by atoms with Crippen LogP contribution in [0.4, 0.5) is 0 Å². The molecule has 30 heavy (non-hydrogen) atoms. The molecule has 0 spiro atoms. The molecule has 2 amide bonds. The van der Waals surface area contributed by atoms with Gasteiger partial charge in [0.15, 0.2) is 18.2 Å². The number of amides is 2. The second kappa shape index (κ2) is 8.33. The molecule has 0 radical (unpaired) electrons. The van der Waals surface area contributed by atoms with E-state index in [2.05, 4.69) is 11.9 Å². The molecule has 2 aliphatic heterocycles. The average molecular weight is 424 g/mol. The quantitative estimate of drug-likeness (QED) is 0.248. The standard InChI is InChI=1S/C22H20N2O5S/c1-14-12-30(28)21-17(23-13-25)20(26)24(21)18(14)22(27)29-19(15-8-4-2-5-9-15)16-10-6-3-7-11-16/h2-11,13,17-19,21H,1,12H2,(H,23,25)/t17?,18?,21-,30?/m0/s1. The van der Waals surface area contributed by atoms with Crippen molar-refractivity contribution in [2.45, 2.75) is 23.6 Å². The van der Waals surface area contributed by atoms with Crippen molar-refractivity contribution in [3.8, 4) is 0 Å². The molecule has 4 rings (SSSR count). The Morgan fingerprint density at radius 3 is 2.27 bits per heavy atom. The maximum Gasteiger partial charge on any atom is 0.334 e. The third-order valence-corrected chi connectivity index (χ3v) is 6.94. The number of fused-ring (bicyclic) bond motifs is 1. The van der Waals surface area contributed by atoms with Gasteiger partial charge in [-0.2, -0.15) is 0 Å². The molecular weight excluding hydrogens is 404 g/mol. The van der Waals surface area contributed by atoms with E-state index in [1.165, 1.54) is 4.90 Å². The van der Waals surface area contributed by atoms with Crippen LogP contribution in [0.1, 0.15) is 17.2 Å². The van der Waals surface area contributed by atoms with E-state index >= 15 is 0 Å². The Hall–Kier alpha value is -3.10. The van der Waals surface area contributed by atoms with Gasteiger partial charge in [-0.25, -0.2) is 4.79 Å². The number of esters is 1. The summed E-state index contributed by atoms with van der Waals surface area (Å²) in [6.45, 7) is 3.87. The predicted molar refractivity (Wildman–Crippen MR) is 110 cm³/mol. The Labute approximate surface area is 176 Å². The van der Waals surface area contributed by atoms with Crippen molar-refractivity contribution in [2.75, 3.05) is 5.75 Å². The zero-order valence-corrected chi connectivity index (χ0v) is 16.8. The molecular formula is C22H20N2O5S. The summed E-state index contributed by atoms with van der Waals surface area (Å²) in [7, 11) is 0. The summed E-state index contributed by atoms with van der Waals surface area (Å²) >= 11 is -1.46. The van der Waals surface area contributed by atoms with Gasteiger partial charge in [0.2, 0.25) is 11.8 Å². The Bertz CT molecular complexity index is 929. The number of ether oxygens (including phenoxy) is 1. The first kappa shape index (κ1) is 20.2. The van der Waals surface area contributed by atoms with E-state index in [4.69, 9.17) is 4.74 Å². The van der Waals surface area contributed by atoms with Crippen LogP contribution in [0, 0.1) is 0 Å². The lowest BCUT2D eigenvalue weighted by atomic mass is 9.98. The van der Waals surface area contributed by atoms with Gasteiger partial charge < -0.3 is 14.6 Å². The lowest BCUT2D eigenvalue weighted by Gasteiger charge is -2.51. The number of β-lactam (4-membered cyclic amide) rings is 1. The minimum absolute atomic E-state index is 0.0621. The number of benzene rings is 2. The predicted octanol–water partition coefficient (Wildman–Crippen LogP) is 1.29. The van der Waals surface area contributed by atoms with Gasteiger partial charge in [-0.1, -0.05) is 67.2 Å². The zero-order chi connectivity index (χ0) is 21.3. The zero-order valence-electron chi connectivity index (χ0n) is 16.0. The highest BCUT2D eigenvalue weighted by atomic mass is 32.2. The molecule has 2 aromatic rings. The SMILES string of the molecule is C=C1C[S+]([O-])[C@H]2C(NC=O)C(=O)N2C1C(=O)OC(c1ccccc1)c1ccccc1. The van der Waals surface area contributed by atoms with Gasteiger partial charge in [-0.3, -0.25) is 14.5 Å². The fourth-order valence-corrected chi connectivity index (χ4v) is 5.53. The molecule has 2 aliphatic rings. The molecule has 4 atom stereocenters. The van der Waals surface area contributed by atoms with Gasteiger partial charge in [0, 0.05) is 5.57 Å². The first-order chi connectivity index (χ1) is 14.5. The molecule has 0 aromatic heterocycles. The number of rotatable bonds is 6. The summed E-state index contributed by atoms with van der Waals surface area (Å²) in [6, 6.07) is 16.6. The third kappa shape index (κ3) is 3.48. The highest BCUT2D eigenvalue weighted by Gasteiger charge is 2.62. The Kier molecular flexibility index (Phi) is 5.61. The summed E-state index contributed by atoms with van der Waals surface area (Å²) in [5.41, 5.74) is 1.93. The third-order valence-electron chi connectivity index (χ3n) is 5.25. The summed E-state index contributed by atoms with van der Waals surface area (Å²) in [5.74, 6) is -1.05. The monoisotopic (exact) mass is 424 g/mol. The smallest absolute Gasteiger partial charge is 0.334 e. The number of carbonyl (C=O) groups is 3. The molecule has 3 unspecified atom stereocenters. The fourth-order valence-electron chi connectivity index (χ4n) is 3.85. The van der Waals surface area contributed by atoms with Gasteiger partial charge in [0.1, 0.15) is 5.75 Å². The maximum atomic E-state index is 13.2. The van der Waals surface area contributed by atoms with Crippen molar-refractivity contribution in [2.24, 2.45) is 0 Å². The molecule has 154 valence electrons. The van der Waals surface area contributed by atoms with E-state index in [1.807, 2.05) is 60.7 Å². The first-order valence-electron chi connectivity index (χ1n) is 9.40. The summed E-state index contributed by atoms with van der Waals surface area (Å²) in [4.78, 5) is 37.7. The van der Waals surface area contributed by atoms with Crippen LogP contribution >= 0.6 is 0 Å². The van der Waals surface area contributed by atoms with Crippen molar-refractivity contribution in [1.29, 1.82) is 0 Å². The van der Waals surface area contributed by atoms with E-state index in [-0.39, 0.29) is 5.75 Å². The lowest BCUT2D eigenvalue weighted by Crippen LogP contribution is -2.78. The molecule has 2 fully saturated rings. The Morgan fingerprint density at radius 2 is 1.73 bits per heavy atom. The fraction of sp³-hybridized carbons (Fsp3) is 0.227. The minimum Gasteiger partial charge on any atom is -0.614 e. The molecule has 0 aliphatic carbocycles. The molecule has 0 saturated carbocycles. The number of nitrogens with zero attached hydrogens (tertiary/aromatic N) is 1. The molecule has 0 bridgehead atoms. The van der Waals surface area contributed by atoms with E-state index in [0.717, 1.165) is 11.1 Å². The lowest BCUT2D eigenvalue weighted by molar-refractivity contribution is -0.165. The van der Waals surface area contributed by atoms with Crippen LogP contribution in [0.25, 0.3) is 0 Å². The minimum atomic E-state index is -1.46. The van der Waals surface area contributed by atoms with Crippen LogP contribution < -0.4 is 5.32 Å². The van der Waals surface area contributed by atoms with Crippen molar-refractivity contribution < 1.29 is 23.7 Å². The molecule has 2 saturated heterocycles. The average Bonchev–Trinajstić information content (AvgIpc) is 2.76. The molecule has 7 nitrogen and oxygen atoms in total. The van der Waals surface area contributed by atoms with E-state index in [9.17, 15) is 18.9 Å². The van der Waals surface area contributed by atoms with Crippen LogP contribution in [-0.2, 0) is 30.3 Å². The van der Waals surface area contributed by atoms with Gasteiger partial charge in [-0.05, 0) is 22.3 Å². The topological polar surface area (TPSA) is 98.8 Å². The maximum absolute atomic E-state index is 13.2. The molecule has 2 heterocycles. The van der Waals surface area contributed by atoms with Gasteiger partial charge >= 0.3 is 5.97 Å². The normalized spacial score (nSPS) is 25.3. The van der Waals surface area contributed by atoms with Crippen molar-refractivity contribution >= 4 is 29.5 Å². The second-order valence-electron chi connectivity index (χ2n) is 7.12.